The van der Waals surface area contributed by atoms with Gasteiger partial charge in [-0.2, -0.15) is 0 Å². The van der Waals surface area contributed by atoms with E-state index in [9.17, 15) is 8.42 Å². The average molecular weight is 331 g/mol. The summed E-state index contributed by atoms with van der Waals surface area (Å²) in [5.74, 6) is 0.780. The lowest BCUT2D eigenvalue weighted by Crippen LogP contribution is -2.26. The van der Waals surface area contributed by atoms with Gasteiger partial charge >= 0.3 is 0 Å². The molecule has 0 amide bonds. The topological polar surface area (TPSA) is 72.2 Å². The van der Waals surface area contributed by atoms with Crippen molar-refractivity contribution < 1.29 is 8.42 Å². The molecule has 118 valence electrons. The van der Waals surface area contributed by atoms with Crippen LogP contribution in [0.3, 0.4) is 0 Å². The highest BCUT2D eigenvalue weighted by atomic mass is 35.5. The van der Waals surface area contributed by atoms with Crippen LogP contribution in [0.1, 0.15) is 44.1 Å². The van der Waals surface area contributed by atoms with Gasteiger partial charge in [0.25, 0.3) is 0 Å². The first kappa shape index (κ1) is 16.6. The summed E-state index contributed by atoms with van der Waals surface area (Å²) in [6.07, 6.45) is 7.20. The van der Waals surface area contributed by atoms with Crippen LogP contribution in [0.4, 0.5) is 5.69 Å². The van der Waals surface area contributed by atoms with Gasteiger partial charge in [0.2, 0.25) is 10.0 Å². The molecule has 6 heteroatoms. The van der Waals surface area contributed by atoms with Gasteiger partial charge < -0.3 is 5.73 Å². The molecule has 0 saturated heterocycles. The van der Waals surface area contributed by atoms with E-state index in [-0.39, 0.29) is 10.6 Å². The van der Waals surface area contributed by atoms with Gasteiger partial charge in [-0.25, -0.2) is 13.1 Å². The normalized spacial score (nSPS) is 16.5. The predicted octanol–water partition coefficient (Wildman–Crippen LogP) is 3.48. The fourth-order valence-electron chi connectivity index (χ4n) is 2.93. The molecule has 0 atom stereocenters. The number of benzene rings is 1. The fourth-order valence-corrected chi connectivity index (χ4v) is 4.48. The first-order valence-corrected chi connectivity index (χ1v) is 9.31. The SMILES string of the molecule is Cc1cc(Cl)c(N)cc1S(=O)(=O)NCCCC1CCCC1. The van der Waals surface area contributed by atoms with Crippen LogP contribution in [0.25, 0.3) is 0 Å². The van der Waals surface area contributed by atoms with E-state index in [2.05, 4.69) is 4.72 Å². The van der Waals surface area contributed by atoms with Crippen molar-refractivity contribution >= 4 is 27.3 Å². The van der Waals surface area contributed by atoms with E-state index in [0.29, 0.717) is 17.1 Å². The Labute approximate surface area is 132 Å². The minimum atomic E-state index is -3.51. The van der Waals surface area contributed by atoms with Gasteiger partial charge in [0.05, 0.1) is 15.6 Å². The van der Waals surface area contributed by atoms with Crippen LogP contribution in [0.5, 0.6) is 0 Å². The zero-order chi connectivity index (χ0) is 15.5. The van der Waals surface area contributed by atoms with Crippen molar-refractivity contribution in [2.24, 2.45) is 5.92 Å². The van der Waals surface area contributed by atoms with Gasteiger partial charge in [0.1, 0.15) is 0 Å². The lowest BCUT2D eigenvalue weighted by molar-refractivity contribution is 0.480. The minimum absolute atomic E-state index is 0.213. The molecule has 0 aliphatic heterocycles. The zero-order valence-electron chi connectivity index (χ0n) is 12.4. The highest BCUT2D eigenvalue weighted by Crippen LogP contribution is 2.29. The molecule has 0 unspecified atom stereocenters. The number of anilines is 1. The van der Waals surface area contributed by atoms with Crippen molar-refractivity contribution in [2.75, 3.05) is 12.3 Å². The smallest absolute Gasteiger partial charge is 0.240 e. The Morgan fingerprint density at radius 3 is 2.67 bits per heavy atom. The minimum Gasteiger partial charge on any atom is -0.397 e. The van der Waals surface area contributed by atoms with Crippen molar-refractivity contribution in [3.8, 4) is 0 Å². The van der Waals surface area contributed by atoms with E-state index in [1.54, 1.807) is 13.0 Å². The van der Waals surface area contributed by atoms with Gasteiger partial charge in [0, 0.05) is 6.54 Å². The Bertz CT molecular complexity index is 596. The maximum absolute atomic E-state index is 12.3. The maximum atomic E-state index is 12.3. The second-order valence-corrected chi connectivity index (χ2v) is 7.97. The van der Waals surface area contributed by atoms with Crippen molar-refractivity contribution in [3.05, 3.63) is 22.7 Å². The van der Waals surface area contributed by atoms with Crippen molar-refractivity contribution in [1.29, 1.82) is 0 Å². The fraction of sp³-hybridized carbons (Fsp3) is 0.600. The number of sulfonamides is 1. The quantitative estimate of drug-likeness (QED) is 0.619. The van der Waals surface area contributed by atoms with E-state index in [1.807, 2.05) is 0 Å². The molecule has 1 fully saturated rings. The molecule has 0 aromatic heterocycles. The summed E-state index contributed by atoms with van der Waals surface area (Å²) in [6, 6.07) is 3.01. The number of nitrogens with one attached hydrogen (secondary N) is 1. The third-order valence-electron chi connectivity index (χ3n) is 4.14. The Morgan fingerprint density at radius 1 is 1.33 bits per heavy atom. The molecule has 21 heavy (non-hydrogen) atoms. The predicted molar refractivity (Wildman–Crippen MR) is 87.0 cm³/mol. The first-order chi connectivity index (χ1) is 9.90. The molecule has 1 aliphatic rings. The molecular formula is C15H23ClN2O2S. The lowest BCUT2D eigenvalue weighted by atomic mass is 10.0. The number of hydrogen-bond donors (Lipinski definition) is 2. The summed E-state index contributed by atoms with van der Waals surface area (Å²) in [4.78, 5) is 0.213. The summed E-state index contributed by atoms with van der Waals surface area (Å²) in [5, 5.41) is 0.382. The summed E-state index contributed by atoms with van der Waals surface area (Å²) < 4.78 is 27.3. The summed E-state index contributed by atoms with van der Waals surface area (Å²) in [5.41, 5.74) is 6.59. The molecular weight excluding hydrogens is 308 g/mol. The van der Waals surface area contributed by atoms with Crippen molar-refractivity contribution in [3.63, 3.8) is 0 Å². The number of nitrogen functional groups attached to an aromatic ring is 1. The van der Waals surface area contributed by atoms with Crippen molar-refractivity contribution in [1.82, 2.24) is 4.72 Å². The van der Waals surface area contributed by atoms with Crippen LogP contribution in [0, 0.1) is 12.8 Å². The molecule has 1 aromatic rings. The van der Waals surface area contributed by atoms with Gasteiger partial charge in [-0.05, 0) is 43.4 Å². The Balaban J connectivity index is 1.93. The second kappa shape index (κ2) is 6.99. The summed E-state index contributed by atoms with van der Waals surface area (Å²) >= 11 is 5.90. The number of halogens is 1. The van der Waals surface area contributed by atoms with Crippen LogP contribution in [0.15, 0.2) is 17.0 Å². The van der Waals surface area contributed by atoms with E-state index < -0.39 is 10.0 Å². The Hall–Kier alpha value is -0.780. The monoisotopic (exact) mass is 330 g/mol. The van der Waals surface area contributed by atoms with Crippen LogP contribution < -0.4 is 10.5 Å². The van der Waals surface area contributed by atoms with Gasteiger partial charge in [0.15, 0.2) is 0 Å². The van der Waals surface area contributed by atoms with Crippen LogP contribution >= 0.6 is 11.6 Å². The highest BCUT2D eigenvalue weighted by molar-refractivity contribution is 7.89. The summed E-state index contributed by atoms with van der Waals surface area (Å²) in [7, 11) is -3.51. The van der Waals surface area contributed by atoms with Crippen molar-refractivity contribution in [2.45, 2.75) is 50.3 Å². The van der Waals surface area contributed by atoms with E-state index in [0.717, 1.165) is 18.8 Å². The second-order valence-electron chi connectivity index (χ2n) is 5.83. The van der Waals surface area contributed by atoms with Gasteiger partial charge in [-0.3, -0.25) is 0 Å². The highest BCUT2D eigenvalue weighted by Gasteiger charge is 2.19. The molecule has 0 spiro atoms. The maximum Gasteiger partial charge on any atom is 0.240 e. The van der Waals surface area contributed by atoms with Gasteiger partial charge in [-0.15, -0.1) is 0 Å². The van der Waals surface area contributed by atoms with E-state index in [4.69, 9.17) is 17.3 Å². The number of hydrogen-bond acceptors (Lipinski definition) is 3. The largest absolute Gasteiger partial charge is 0.397 e. The van der Waals surface area contributed by atoms with Gasteiger partial charge in [-0.1, -0.05) is 37.3 Å². The molecule has 1 aliphatic carbocycles. The molecule has 0 bridgehead atoms. The summed E-state index contributed by atoms with van der Waals surface area (Å²) in [6.45, 7) is 2.19. The number of aryl methyl sites for hydroxylation is 1. The van der Waals surface area contributed by atoms with Crippen LogP contribution in [-0.2, 0) is 10.0 Å². The first-order valence-electron chi connectivity index (χ1n) is 7.45. The van der Waals surface area contributed by atoms with E-state index in [1.165, 1.54) is 31.7 Å². The Kier molecular flexibility index (Phi) is 5.52. The lowest BCUT2D eigenvalue weighted by Gasteiger charge is -2.12. The van der Waals surface area contributed by atoms with Crippen LogP contribution in [0.2, 0.25) is 5.02 Å². The number of nitrogens with two attached hydrogens (primary N) is 1. The zero-order valence-corrected chi connectivity index (χ0v) is 13.9. The molecule has 0 heterocycles. The molecule has 2 rings (SSSR count). The standard InChI is InChI=1S/C15H23ClN2O2S/c1-11-9-13(16)14(17)10-15(11)21(19,20)18-8-4-7-12-5-2-3-6-12/h9-10,12,18H,2-8,17H2,1H3. The average Bonchev–Trinajstić information content (AvgIpc) is 2.92. The Morgan fingerprint density at radius 2 is 2.00 bits per heavy atom. The number of rotatable bonds is 6. The molecule has 3 N–H and O–H groups in total. The van der Waals surface area contributed by atoms with Crippen LogP contribution in [-0.4, -0.2) is 15.0 Å². The van der Waals surface area contributed by atoms with E-state index >= 15 is 0 Å². The molecule has 1 saturated carbocycles. The third kappa shape index (κ3) is 4.34. The molecule has 1 aromatic carbocycles. The molecule has 4 nitrogen and oxygen atoms in total. The molecule has 0 radical (unpaired) electrons. The third-order valence-corrected chi connectivity index (χ3v) is 6.07.